The second kappa shape index (κ2) is 8.87. The lowest BCUT2D eigenvalue weighted by atomic mass is 9.80. The van der Waals surface area contributed by atoms with E-state index < -0.39 is 11.8 Å². The molecular weight excluding hydrogens is 336 g/mol. The lowest BCUT2D eigenvalue weighted by Crippen LogP contribution is -2.16. The van der Waals surface area contributed by atoms with Crippen molar-refractivity contribution < 1.29 is 9.53 Å². The molecule has 0 aliphatic rings. The monoisotopic (exact) mass is 352 g/mol. The maximum atomic E-state index is 12.1. The molecule has 0 aliphatic heterocycles. The minimum absolute atomic E-state index is 0.0491. The lowest BCUT2D eigenvalue weighted by Gasteiger charge is -2.22. The molecule has 0 spiro atoms. The van der Waals surface area contributed by atoms with Gasteiger partial charge in [0.15, 0.2) is 0 Å². The molecule has 0 aliphatic carbocycles. The Hall–Kier alpha value is -2.82. The third-order valence-corrected chi connectivity index (χ3v) is 4.12. The highest BCUT2D eigenvalue weighted by molar-refractivity contribution is 6.30. The van der Waals surface area contributed by atoms with Gasteiger partial charge in [-0.2, -0.15) is 10.5 Å². The maximum absolute atomic E-state index is 12.1. The number of rotatable bonds is 6. The lowest BCUT2D eigenvalue weighted by molar-refractivity contribution is -0.143. The van der Waals surface area contributed by atoms with Crippen molar-refractivity contribution >= 4 is 17.6 Å². The topological polar surface area (TPSA) is 73.9 Å². The number of hydrogen-bond donors (Lipinski definition) is 0. The highest BCUT2D eigenvalue weighted by atomic mass is 35.5. The molecule has 2 unspecified atom stereocenters. The van der Waals surface area contributed by atoms with Crippen molar-refractivity contribution in [3.05, 3.63) is 70.2 Å². The molecule has 0 radical (unpaired) electrons. The van der Waals surface area contributed by atoms with Gasteiger partial charge >= 0.3 is 5.97 Å². The number of hydrogen-bond acceptors (Lipinski definition) is 4. The van der Waals surface area contributed by atoms with Gasteiger partial charge in [0.25, 0.3) is 0 Å². The first kappa shape index (κ1) is 18.5. The zero-order valence-electron chi connectivity index (χ0n) is 13.8. The zero-order valence-corrected chi connectivity index (χ0v) is 14.5. The first-order valence-electron chi connectivity index (χ1n) is 7.89. The Morgan fingerprint density at radius 2 is 1.88 bits per heavy atom. The van der Waals surface area contributed by atoms with E-state index in [1.807, 2.05) is 12.1 Å². The van der Waals surface area contributed by atoms with Gasteiger partial charge in [-0.25, -0.2) is 0 Å². The van der Waals surface area contributed by atoms with Crippen molar-refractivity contribution in [2.75, 3.05) is 6.61 Å². The summed E-state index contributed by atoms with van der Waals surface area (Å²) in [6.45, 7) is 2.01. The van der Waals surface area contributed by atoms with Gasteiger partial charge < -0.3 is 4.74 Å². The van der Waals surface area contributed by atoms with Crippen molar-refractivity contribution in [3.63, 3.8) is 0 Å². The molecule has 0 bridgehead atoms. The fourth-order valence-electron chi connectivity index (χ4n) is 2.76. The van der Waals surface area contributed by atoms with Crippen molar-refractivity contribution in [1.82, 2.24) is 0 Å². The Balaban J connectivity index is 2.47. The molecule has 2 aromatic rings. The van der Waals surface area contributed by atoms with Crippen molar-refractivity contribution in [3.8, 4) is 12.1 Å². The van der Waals surface area contributed by atoms with Crippen LogP contribution in [-0.2, 0) is 9.53 Å². The van der Waals surface area contributed by atoms with Gasteiger partial charge in [-0.1, -0.05) is 35.9 Å². The number of ether oxygens (including phenoxy) is 1. The fraction of sp³-hybridized carbons (Fsp3) is 0.250. The van der Waals surface area contributed by atoms with E-state index in [0.29, 0.717) is 10.6 Å². The van der Waals surface area contributed by atoms with Crippen LogP contribution in [0.4, 0.5) is 0 Å². The summed E-state index contributed by atoms with van der Waals surface area (Å²) in [6.07, 6.45) is 0.0491. The smallest absolute Gasteiger partial charge is 0.306 e. The predicted octanol–water partition coefficient (Wildman–Crippen LogP) is 4.56. The molecule has 5 heteroatoms. The first-order valence-corrected chi connectivity index (χ1v) is 8.27. The van der Waals surface area contributed by atoms with E-state index in [1.165, 1.54) is 0 Å². The van der Waals surface area contributed by atoms with Gasteiger partial charge in [-0.3, -0.25) is 4.79 Å². The summed E-state index contributed by atoms with van der Waals surface area (Å²) in [7, 11) is 0. The minimum atomic E-state index is -0.586. The van der Waals surface area contributed by atoms with Crippen molar-refractivity contribution in [2.45, 2.75) is 25.2 Å². The van der Waals surface area contributed by atoms with E-state index in [0.717, 1.165) is 11.1 Å². The van der Waals surface area contributed by atoms with E-state index in [2.05, 4.69) is 12.1 Å². The van der Waals surface area contributed by atoms with E-state index in [4.69, 9.17) is 21.6 Å². The minimum Gasteiger partial charge on any atom is -0.466 e. The normalized spacial score (nSPS) is 12.5. The summed E-state index contributed by atoms with van der Waals surface area (Å²) in [6, 6.07) is 18.4. The maximum Gasteiger partial charge on any atom is 0.306 e. The third-order valence-electron chi connectivity index (χ3n) is 3.89. The molecule has 126 valence electrons. The van der Waals surface area contributed by atoms with Gasteiger partial charge in [-0.15, -0.1) is 0 Å². The molecule has 0 heterocycles. The molecule has 2 atom stereocenters. The molecule has 0 saturated heterocycles. The first-order chi connectivity index (χ1) is 12.1. The molecule has 0 N–H and O–H groups in total. The summed E-state index contributed by atoms with van der Waals surface area (Å²) < 4.78 is 5.07. The summed E-state index contributed by atoms with van der Waals surface area (Å²) in [4.78, 5) is 12.1. The van der Waals surface area contributed by atoms with Crippen LogP contribution in [0, 0.1) is 22.7 Å². The third kappa shape index (κ3) is 4.83. The largest absolute Gasteiger partial charge is 0.466 e. The quantitative estimate of drug-likeness (QED) is 0.714. The molecule has 25 heavy (non-hydrogen) atoms. The van der Waals surface area contributed by atoms with Crippen LogP contribution in [0.2, 0.25) is 5.02 Å². The molecule has 0 fully saturated rings. The summed E-state index contributed by atoms with van der Waals surface area (Å²) in [5.41, 5.74) is 1.96. The van der Waals surface area contributed by atoms with Crippen molar-refractivity contribution in [1.29, 1.82) is 10.5 Å². The van der Waals surface area contributed by atoms with Crippen molar-refractivity contribution in [2.24, 2.45) is 0 Å². The molecule has 2 rings (SSSR count). The van der Waals surface area contributed by atoms with Crippen LogP contribution in [0.1, 0.15) is 41.9 Å². The van der Waals surface area contributed by atoms with E-state index in [9.17, 15) is 10.1 Å². The fourth-order valence-corrected chi connectivity index (χ4v) is 2.96. The molecular formula is C20H17ClN2O2. The van der Waals surface area contributed by atoms with Crippen LogP contribution in [0.25, 0.3) is 0 Å². The molecule has 2 aromatic carbocycles. The van der Waals surface area contributed by atoms with Crippen LogP contribution in [0.5, 0.6) is 0 Å². The second-order valence-electron chi connectivity index (χ2n) is 5.51. The van der Waals surface area contributed by atoms with Gasteiger partial charge in [0, 0.05) is 10.9 Å². The Kier molecular flexibility index (Phi) is 6.57. The Morgan fingerprint density at radius 1 is 1.16 bits per heavy atom. The van der Waals surface area contributed by atoms with E-state index in [1.54, 1.807) is 43.3 Å². The van der Waals surface area contributed by atoms with Gasteiger partial charge in [0.1, 0.15) is 0 Å². The number of esters is 1. The summed E-state index contributed by atoms with van der Waals surface area (Å²) in [5.74, 6) is -1.40. The predicted molar refractivity (Wildman–Crippen MR) is 95.0 cm³/mol. The summed E-state index contributed by atoms with van der Waals surface area (Å²) in [5, 5.41) is 19.4. The molecule has 0 saturated carbocycles. The van der Waals surface area contributed by atoms with Gasteiger partial charge in [0.05, 0.1) is 36.6 Å². The molecule has 4 nitrogen and oxygen atoms in total. The van der Waals surface area contributed by atoms with Gasteiger partial charge in [0.2, 0.25) is 0 Å². The van der Waals surface area contributed by atoms with Crippen LogP contribution < -0.4 is 0 Å². The Labute approximate surface area is 152 Å². The van der Waals surface area contributed by atoms with Crippen LogP contribution in [-0.4, -0.2) is 12.6 Å². The number of nitriles is 2. The number of halogens is 1. The number of carbonyl (C=O) groups excluding carboxylic acids is 1. The Bertz CT molecular complexity index is 836. The average molecular weight is 353 g/mol. The van der Waals surface area contributed by atoms with Crippen LogP contribution >= 0.6 is 11.6 Å². The standard InChI is InChI=1S/C20H17ClN2O2/c1-2-25-20(24)11-18(15-6-3-5-14(9-15)12-22)19(13-23)16-7-4-8-17(21)10-16/h3-10,18-19H,2,11H2,1H3. The molecule has 0 amide bonds. The second-order valence-corrected chi connectivity index (χ2v) is 5.95. The molecule has 0 aromatic heterocycles. The highest BCUT2D eigenvalue weighted by Crippen LogP contribution is 2.36. The summed E-state index contributed by atoms with van der Waals surface area (Å²) >= 11 is 6.06. The highest BCUT2D eigenvalue weighted by Gasteiger charge is 2.28. The number of nitrogens with zero attached hydrogens (tertiary/aromatic N) is 2. The zero-order chi connectivity index (χ0) is 18.2. The number of carbonyl (C=O) groups is 1. The van der Waals surface area contributed by atoms with E-state index >= 15 is 0 Å². The van der Waals surface area contributed by atoms with E-state index in [-0.39, 0.29) is 19.0 Å². The van der Waals surface area contributed by atoms with Gasteiger partial charge in [-0.05, 0) is 42.3 Å². The number of benzene rings is 2. The van der Waals surface area contributed by atoms with Crippen LogP contribution in [0.15, 0.2) is 48.5 Å². The van der Waals surface area contributed by atoms with Crippen LogP contribution in [0.3, 0.4) is 0 Å². The Morgan fingerprint density at radius 3 is 2.52 bits per heavy atom. The SMILES string of the molecule is CCOC(=O)CC(c1cccc(C#N)c1)C(C#N)c1cccc(Cl)c1. The average Bonchev–Trinajstić information content (AvgIpc) is 2.62.